The van der Waals surface area contributed by atoms with Crippen molar-refractivity contribution in [1.29, 1.82) is 10.5 Å². The van der Waals surface area contributed by atoms with Crippen LogP contribution in [0, 0.1) is 32.8 Å². The van der Waals surface area contributed by atoms with Crippen LogP contribution in [0.25, 0.3) is 6.08 Å². The van der Waals surface area contributed by atoms with Crippen molar-refractivity contribution < 1.29 is 4.92 Å². The van der Waals surface area contributed by atoms with Crippen LogP contribution in [-0.2, 0) is 0 Å². The number of aromatic nitrogens is 1. The Labute approximate surface area is 91.2 Å². The van der Waals surface area contributed by atoms with Crippen molar-refractivity contribution in [3.63, 3.8) is 0 Å². The van der Waals surface area contributed by atoms with Crippen LogP contribution in [0.5, 0.6) is 0 Å². The highest BCUT2D eigenvalue weighted by atomic mass is 16.6. The van der Waals surface area contributed by atoms with Gasteiger partial charge in [-0.25, -0.2) is 4.98 Å². The number of allylic oxidation sites excluding steroid dienone is 1. The van der Waals surface area contributed by atoms with Gasteiger partial charge < -0.3 is 0 Å². The van der Waals surface area contributed by atoms with Crippen LogP contribution in [0.15, 0.2) is 18.3 Å². The van der Waals surface area contributed by atoms with E-state index in [4.69, 9.17) is 10.5 Å². The van der Waals surface area contributed by atoms with E-state index in [9.17, 15) is 10.1 Å². The zero-order valence-electron chi connectivity index (χ0n) is 8.12. The van der Waals surface area contributed by atoms with Crippen molar-refractivity contribution in [3.8, 4) is 12.1 Å². The van der Waals surface area contributed by atoms with Crippen LogP contribution < -0.4 is 0 Å². The molecule has 78 valence electrons. The molecule has 0 radical (unpaired) electrons. The van der Waals surface area contributed by atoms with E-state index in [0.29, 0.717) is 5.56 Å². The van der Waals surface area contributed by atoms with Gasteiger partial charge in [-0.05, 0) is 5.56 Å². The zero-order chi connectivity index (χ0) is 12.0. The average molecular weight is 214 g/mol. The van der Waals surface area contributed by atoms with Crippen LogP contribution in [0.4, 0.5) is 5.69 Å². The van der Waals surface area contributed by atoms with Gasteiger partial charge in [0.1, 0.15) is 6.07 Å². The number of nitro groups is 1. The molecule has 0 N–H and O–H groups in total. The van der Waals surface area contributed by atoms with Gasteiger partial charge in [-0.15, -0.1) is 0 Å². The summed E-state index contributed by atoms with van der Waals surface area (Å²) in [6, 6.07) is 4.80. The van der Waals surface area contributed by atoms with Crippen LogP contribution in [0.2, 0.25) is 0 Å². The van der Waals surface area contributed by atoms with Gasteiger partial charge >= 0.3 is 5.69 Å². The summed E-state index contributed by atoms with van der Waals surface area (Å²) in [6.45, 7) is 0. The second kappa shape index (κ2) is 5.23. The molecule has 1 aromatic heterocycles. The fourth-order valence-electron chi connectivity index (χ4n) is 1.03. The Kier molecular flexibility index (Phi) is 3.71. The monoisotopic (exact) mass is 214 g/mol. The van der Waals surface area contributed by atoms with Gasteiger partial charge in [0.15, 0.2) is 0 Å². The molecular formula is C10H6N4O2. The maximum Gasteiger partial charge on any atom is 0.306 e. The number of hydrogen-bond donors (Lipinski definition) is 0. The molecule has 0 saturated heterocycles. The molecule has 16 heavy (non-hydrogen) atoms. The summed E-state index contributed by atoms with van der Waals surface area (Å²) in [5.74, 6) is 0. The lowest BCUT2D eigenvalue weighted by Crippen LogP contribution is -1.95. The number of nitrogens with zero attached hydrogens (tertiary/aromatic N) is 4. The fourth-order valence-corrected chi connectivity index (χ4v) is 1.03. The summed E-state index contributed by atoms with van der Waals surface area (Å²) in [5, 5.41) is 27.5. The Balaban J connectivity index is 3.09. The van der Waals surface area contributed by atoms with Crippen molar-refractivity contribution in [1.82, 2.24) is 4.98 Å². The summed E-state index contributed by atoms with van der Waals surface area (Å²) in [4.78, 5) is 13.6. The molecule has 0 spiro atoms. The van der Waals surface area contributed by atoms with Crippen LogP contribution >= 0.6 is 0 Å². The molecule has 1 heterocycles. The van der Waals surface area contributed by atoms with Gasteiger partial charge in [0.2, 0.25) is 5.69 Å². The van der Waals surface area contributed by atoms with Gasteiger partial charge in [0, 0.05) is 12.3 Å². The predicted octanol–water partition coefficient (Wildman–Crippen LogP) is 1.79. The fraction of sp³-hybridized carbons (Fsp3) is 0.100. The van der Waals surface area contributed by atoms with Crippen molar-refractivity contribution in [2.75, 3.05) is 0 Å². The van der Waals surface area contributed by atoms with E-state index in [1.807, 2.05) is 6.07 Å². The molecule has 1 rings (SSSR count). The molecule has 0 saturated carbocycles. The maximum atomic E-state index is 10.6. The minimum atomic E-state index is -0.660. The first kappa shape index (κ1) is 11.3. The van der Waals surface area contributed by atoms with E-state index in [-0.39, 0.29) is 17.8 Å². The number of hydrogen-bond acceptors (Lipinski definition) is 5. The van der Waals surface area contributed by atoms with E-state index in [1.54, 1.807) is 18.2 Å². The van der Waals surface area contributed by atoms with Gasteiger partial charge in [-0.2, -0.15) is 10.5 Å². The van der Waals surface area contributed by atoms with Gasteiger partial charge in [0.25, 0.3) is 0 Å². The highest BCUT2D eigenvalue weighted by Crippen LogP contribution is 2.17. The Morgan fingerprint density at radius 2 is 2.31 bits per heavy atom. The number of rotatable bonds is 3. The van der Waals surface area contributed by atoms with Crippen LogP contribution in [-0.4, -0.2) is 9.91 Å². The predicted molar refractivity (Wildman–Crippen MR) is 54.9 cm³/mol. The first-order valence-electron chi connectivity index (χ1n) is 4.27. The Hall–Kier alpha value is -2.73. The van der Waals surface area contributed by atoms with Gasteiger partial charge in [-0.3, -0.25) is 10.1 Å². The third kappa shape index (κ3) is 2.63. The topological polar surface area (TPSA) is 104 Å². The van der Waals surface area contributed by atoms with Crippen molar-refractivity contribution >= 4 is 11.8 Å². The molecule has 0 atom stereocenters. The summed E-state index contributed by atoms with van der Waals surface area (Å²) >= 11 is 0. The number of nitriles is 2. The largest absolute Gasteiger partial charge is 0.306 e. The van der Waals surface area contributed by atoms with E-state index in [0.717, 1.165) is 0 Å². The summed E-state index contributed by atoms with van der Waals surface area (Å²) in [5.41, 5.74) is -0.0648. The van der Waals surface area contributed by atoms with E-state index < -0.39 is 4.92 Å². The molecule has 6 heteroatoms. The third-order valence-corrected chi connectivity index (χ3v) is 1.71. The maximum absolute atomic E-state index is 10.6. The van der Waals surface area contributed by atoms with Crippen LogP contribution in [0.1, 0.15) is 17.7 Å². The number of pyridine rings is 1. The SMILES string of the molecule is N#CCC=Cc1cnc(C#N)c([N+](=O)[O-])c1. The highest BCUT2D eigenvalue weighted by Gasteiger charge is 2.14. The molecule has 0 aliphatic carbocycles. The van der Waals surface area contributed by atoms with Gasteiger partial charge in [-0.1, -0.05) is 12.2 Å². The van der Waals surface area contributed by atoms with Crippen LogP contribution in [0.3, 0.4) is 0 Å². The van der Waals surface area contributed by atoms with Gasteiger partial charge in [0.05, 0.1) is 17.4 Å². The minimum absolute atomic E-state index is 0.216. The summed E-state index contributed by atoms with van der Waals surface area (Å²) < 4.78 is 0. The Morgan fingerprint density at radius 1 is 1.56 bits per heavy atom. The minimum Gasteiger partial charge on any atom is -0.258 e. The quantitative estimate of drug-likeness (QED) is 0.563. The first-order chi connectivity index (χ1) is 7.69. The Morgan fingerprint density at radius 3 is 2.88 bits per heavy atom. The third-order valence-electron chi connectivity index (χ3n) is 1.71. The normalized spacial score (nSPS) is 9.62. The van der Waals surface area contributed by atoms with E-state index in [2.05, 4.69) is 4.98 Å². The second-order valence-electron chi connectivity index (χ2n) is 2.77. The lowest BCUT2D eigenvalue weighted by molar-refractivity contribution is -0.385. The molecule has 0 unspecified atom stereocenters. The standard InChI is InChI=1S/C10H6N4O2/c11-4-2-1-3-8-5-10(14(15)16)9(6-12)13-7-8/h1,3,5,7H,2H2. The lowest BCUT2D eigenvalue weighted by atomic mass is 10.2. The molecule has 0 fully saturated rings. The zero-order valence-corrected chi connectivity index (χ0v) is 8.12. The Bertz CT molecular complexity index is 523. The molecule has 6 nitrogen and oxygen atoms in total. The smallest absolute Gasteiger partial charge is 0.258 e. The summed E-state index contributed by atoms with van der Waals surface area (Å²) in [6.07, 6.45) is 4.67. The molecule has 0 aliphatic heterocycles. The molecular weight excluding hydrogens is 208 g/mol. The first-order valence-corrected chi connectivity index (χ1v) is 4.27. The molecule has 0 aliphatic rings. The van der Waals surface area contributed by atoms with Crippen molar-refractivity contribution in [2.24, 2.45) is 0 Å². The van der Waals surface area contributed by atoms with Crippen molar-refractivity contribution in [3.05, 3.63) is 39.7 Å². The second-order valence-corrected chi connectivity index (χ2v) is 2.77. The molecule has 0 bridgehead atoms. The van der Waals surface area contributed by atoms with E-state index in [1.165, 1.54) is 12.3 Å². The highest BCUT2D eigenvalue weighted by molar-refractivity contribution is 5.55. The van der Waals surface area contributed by atoms with Crippen molar-refractivity contribution in [2.45, 2.75) is 6.42 Å². The molecule has 0 aromatic carbocycles. The lowest BCUT2D eigenvalue weighted by Gasteiger charge is -1.95. The molecule has 1 aromatic rings. The van der Waals surface area contributed by atoms with E-state index >= 15 is 0 Å². The molecule has 0 amide bonds. The summed E-state index contributed by atoms with van der Waals surface area (Å²) in [7, 11) is 0. The average Bonchev–Trinajstić information content (AvgIpc) is 2.29.